The largest absolute Gasteiger partial charge is 0.498 e. The van der Waals surface area contributed by atoms with Crippen LogP contribution in [0.15, 0.2) is 54.2 Å². The molecule has 1 amide bonds. The first-order valence-corrected chi connectivity index (χ1v) is 11.2. The summed E-state index contributed by atoms with van der Waals surface area (Å²) in [6.07, 6.45) is 5.80. The van der Waals surface area contributed by atoms with Crippen LogP contribution >= 0.6 is 0 Å². The van der Waals surface area contributed by atoms with Crippen LogP contribution in [0.5, 0.6) is 0 Å². The van der Waals surface area contributed by atoms with Crippen molar-refractivity contribution in [1.82, 2.24) is 30.0 Å². The fourth-order valence-corrected chi connectivity index (χ4v) is 4.18. The number of nitrogens with one attached hydrogen (secondary N) is 3. The van der Waals surface area contributed by atoms with Crippen molar-refractivity contribution in [3.8, 4) is 0 Å². The number of anilines is 3. The summed E-state index contributed by atoms with van der Waals surface area (Å²) in [6.45, 7) is 0.756. The van der Waals surface area contributed by atoms with E-state index in [9.17, 15) is 4.79 Å². The number of rotatable bonds is 3. The first-order valence-electron chi connectivity index (χ1n) is 11.2. The molecule has 0 aromatic carbocycles. The van der Waals surface area contributed by atoms with E-state index in [0.717, 1.165) is 16.8 Å². The van der Waals surface area contributed by atoms with Crippen molar-refractivity contribution in [2.45, 2.75) is 19.1 Å². The summed E-state index contributed by atoms with van der Waals surface area (Å²) in [4.78, 5) is 26.1. The Morgan fingerprint density at radius 3 is 2.91 bits per heavy atom. The number of carbonyl (C=O) groups is 1. The quantitative estimate of drug-likeness (QED) is 0.524. The van der Waals surface area contributed by atoms with Gasteiger partial charge in [0.15, 0.2) is 5.82 Å². The highest BCUT2D eigenvalue weighted by Crippen LogP contribution is 2.34. The van der Waals surface area contributed by atoms with E-state index in [0.29, 0.717) is 54.1 Å². The van der Waals surface area contributed by atoms with Crippen molar-refractivity contribution in [1.29, 1.82) is 0 Å². The second-order valence-electron chi connectivity index (χ2n) is 8.25. The van der Waals surface area contributed by atoms with Gasteiger partial charge in [-0.3, -0.25) is 9.48 Å². The smallest absolute Gasteiger partial charge is 0.254 e. The van der Waals surface area contributed by atoms with Crippen molar-refractivity contribution >= 4 is 28.8 Å². The number of methoxy groups -OCH3 is 1. The number of amides is 1. The Labute approximate surface area is 202 Å². The number of carbonyl (C=O) groups excluding carboxylic acids is 1. The van der Waals surface area contributed by atoms with Gasteiger partial charge >= 0.3 is 0 Å². The molecule has 3 N–H and O–H groups in total. The molecule has 0 radical (unpaired) electrons. The molecular formula is C24H26N8O3. The van der Waals surface area contributed by atoms with E-state index in [1.165, 1.54) is 0 Å². The maximum atomic E-state index is 12.6. The van der Waals surface area contributed by atoms with Crippen molar-refractivity contribution in [3.63, 3.8) is 0 Å². The maximum Gasteiger partial charge on any atom is 0.254 e. The predicted molar refractivity (Wildman–Crippen MR) is 130 cm³/mol. The molecule has 0 spiro atoms. The molecule has 1 atom stereocenters. The zero-order valence-corrected chi connectivity index (χ0v) is 19.7. The van der Waals surface area contributed by atoms with Crippen LogP contribution in [0.4, 0.5) is 17.3 Å². The van der Waals surface area contributed by atoms with E-state index in [1.807, 2.05) is 31.3 Å². The van der Waals surface area contributed by atoms with Crippen LogP contribution in [0.3, 0.4) is 0 Å². The lowest BCUT2D eigenvalue weighted by Crippen LogP contribution is -2.30. The first kappa shape index (κ1) is 22.5. The van der Waals surface area contributed by atoms with Gasteiger partial charge < -0.3 is 25.4 Å². The zero-order valence-electron chi connectivity index (χ0n) is 19.7. The molecule has 1 unspecified atom stereocenters. The van der Waals surface area contributed by atoms with Crippen molar-refractivity contribution in [2.75, 3.05) is 31.4 Å². The Morgan fingerprint density at radius 2 is 2.14 bits per heavy atom. The van der Waals surface area contributed by atoms with Gasteiger partial charge in [0.25, 0.3) is 5.91 Å². The van der Waals surface area contributed by atoms with Gasteiger partial charge in [0, 0.05) is 26.4 Å². The minimum Gasteiger partial charge on any atom is -0.498 e. The van der Waals surface area contributed by atoms with E-state index in [4.69, 9.17) is 9.47 Å². The summed E-state index contributed by atoms with van der Waals surface area (Å²) in [6, 6.07) is 7.18. The third kappa shape index (κ3) is 4.71. The highest BCUT2D eigenvalue weighted by atomic mass is 16.5. The lowest BCUT2D eigenvalue weighted by atomic mass is 9.92. The molecule has 6 bridgehead atoms. The molecular weight excluding hydrogens is 448 g/mol. The number of aryl methyl sites for hydroxylation is 1. The number of hydrogen-bond donors (Lipinski definition) is 3. The molecule has 11 nitrogen and oxygen atoms in total. The van der Waals surface area contributed by atoms with Crippen molar-refractivity contribution < 1.29 is 14.3 Å². The van der Waals surface area contributed by atoms with Crippen LogP contribution < -0.4 is 16.0 Å². The minimum atomic E-state index is -0.292. The standard InChI is InChI=1S/C24H26N8O3/c1-25-24(33)17-10-26-21-9-18(17)29-19-8-14(11-35-12-15-5-4-6-20(28-15)30-21)7-16(22(19)34-3)23-27-13-32(2)31-23/h4-7,9-10,13,19,29H,8,11-12H2,1-3H3,(H,25,33)(H,26,28,30). The number of fused-ring (bicyclic) bond motifs is 6. The molecule has 3 aromatic heterocycles. The number of hydrogen-bond acceptors (Lipinski definition) is 9. The molecule has 0 fully saturated rings. The summed E-state index contributed by atoms with van der Waals surface area (Å²) < 4.78 is 13.5. The molecule has 11 heteroatoms. The summed E-state index contributed by atoms with van der Waals surface area (Å²) in [5.74, 6) is 2.15. The molecule has 180 valence electrons. The normalized spacial score (nSPS) is 17.5. The summed E-state index contributed by atoms with van der Waals surface area (Å²) in [7, 11) is 5.03. The Bertz CT molecular complexity index is 1330. The van der Waals surface area contributed by atoms with E-state index in [1.54, 1.807) is 37.4 Å². The van der Waals surface area contributed by atoms with Crippen LogP contribution in [0.25, 0.3) is 5.57 Å². The van der Waals surface area contributed by atoms with Crippen LogP contribution in [0, 0.1) is 0 Å². The van der Waals surface area contributed by atoms with Crippen LogP contribution in [-0.2, 0) is 23.1 Å². The monoisotopic (exact) mass is 474 g/mol. The first-order chi connectivity index (χ1) is 17.0. The average molecular weight is 475 g/mol. The maximum absolute atomic E-state index is 12.6. The van der Waals surface area contributed by atoms with Gasteiger partial charge in [-0.15, -0.1) is 0 Å². The lowest BCUT2D eigenvalue weighted by molar-refractivity contribution is 0.0963. The Hall–Kier alpha value is -4.25. The van der Waals surface area contributed by atoms with Gasteiger partial charge in [0.05, 0.1) is 48.9 Å². The zero-order chi connectivity index (χ0) is 24.4. The molecule has 2 aliphatic rings. The molecule has 5 rings (SSSR count). The third-order valence-corrected chi connectivity index (χ3v) is 5.76. The van der Waals surface area contributed by atoms with E-state index in [-0.39, 0.29) is 11.9 Å². The van der Waals surface area contributed by atoms with Gasteiger partial charge in [-0.2, -0.15) is 5.10 Å². The average Bonchev–Trinajstić information content (AvgIpc) is 3.29. The van der Waals surface area contributed by atoms with Crippen LogP contribution in [-0.4, -0.2) is 57.4 Å². The molecule has 0 saturated heterocycles. The Balaban J connectivity index is 1.63. The number of aromatic nitrogens is 5. The van der Waals surface area contributed by atoms with E-state index < -0.39 is 0 Å². The summed E-state index contributed by atoms with van der Waals surface area (Å²) >= 11 is 0. The molecule has 1 aliphatic heterocycles. The van der Waals surface area contributed by atoms with Gasteiger partial charge in [-0.05, 0) is 30.2 Å². The van der Waals surface area contributed by atoms with Gasteiger partial charge in [-0.25, -0.2) is 15.0 Å². The molecule has 1 aliphatic carbocycles. The fourth-order valence-electron chi connectivity index (χ4n) is 4.18. The van der Waals surface area contributed by atoms with E-state index >= 15 is 0 Å². The lowest BCUT2D eigenvalue weighted by Gasteiger charge is -2.29. The summed E-state index contributed by atoms with van der Waals surface area (Å²) in [5.41, 5.74) is 3.60. The number of pyridine rings is 2. The fraction of sp³-hybridized carbons (Fsp3) is 0.292. The minimum absolute atomic E-state index is 0.253. The van der Waals surface area contributed by atoms with Crippen molar-refractivity contribution in [3.05, 3.63) is 71.3 Å². The molecule has 3 aromatic rings. The third-order valence-electron chi connectivity index (χ3n) is 5.76. The van der Waals surface area contributed by atoms with Gasteiger partial charge in [0.1, 0.15) is 23.7 Å². The highest BCUT2D eigenvalue weighted by Gasteiger charge is 2.29. The Kier molecular flexibility index (Phi) is 6.15. The number of nitrogens with zero attached hydrogens (tertiary/aromatic N) is 5. The van der Waals surface area contributed by atoms with Gasteiger partial charge in [-0.1, -0.05) is 6.07 Å². The number of allylic oxidation sites excluding steroid dienone is 2. The van der Waals surface area contributed by atoms with Crippen LogP contribution in [0.1, 0.15) is 28.3 Å². The molecule has 35 heavy (non-hydrogen) atoms. The SMILES string of the molecule is CNC(=O)c1cnc2cc1NC1CC(=CC(c3ncn(C)n3)=C1OC)COCc1cccc(n1)N2. The molecule has 0 saturated carbocycles. The Morgan fingerprint density at radius 1 is 1.26 bits per heavy atom. The topological polar surface area (TPSA) is 128 Å². The second kappa shape index (κ2) is 9.55. The van der Waals surface area contributed by atoms with Crippen LogP contribution in [0.2, 0.25) is 0 Å². The van der Waals surface area contributed by atoms with Crippen molar-refractivity contribution in [2.24, 2.45) is 7.05 Å². The molecule has 4 heterocycles. The predicted octanol–water partition coefficient (Wildman–Crippen LogP) is 2.41. The van der Waals surface area contributed by atoms with Gasteiger partial charge in [0.2, 0.25) is 0 Å². The van der Waals surface area contributed by atoms with E-state index in [2.05, 4.69) is 36.0 Å². The summed E-state index contributed by atoms with van der Waals surface area (Å²) in [5, 5.41) is 13.9. The highest BCUT2D eigenvalue weighted by molar-refractivity contribution is 5.99. The number of ether oxygens (including phenoxy) is 2. The second-order valence-corrected chi connectivity index (χ2v) is 8.25.